The van der Waals surface area contributed by atoms with Crippen molar-refractivity contribution in [2.75, 3.05) is 19.4 Å². The molecule has 1 fully saturated rings. The fourth-order valence-corrected chi connectivity index (χ4v) is 2.67. The molecule has 1 aliphatic rings. The van der Waals surface area contributed by atoms with E-state index < -0.39 is 14.6 Å². The van der Waals surface area contributed by atoms with Gasteiger partial charge in [-0.3, -0.25) is 0 Å². The number of sulfone groups is 1. The van der Waals surface area contributed by atoms with Gasteiger partial charge in [-0.1, -0.05) is 27.7 Å². The Morgan fingerprint density at radius 3 is 2.30 bits per heavy atom. The first kappa shape index (κ1) is 17.9. The zero-order chi connectivity index (χ0) is 15.8. The summed E-state index contributed by atoms with van der Waals surface area (Å²) in [6.45, 7) is 13.5. The normalized spacial score (nSPS) is 26.6. The monoisotopic (exact) mass is 305 g/mol. The molecule has 5 heteroatoms. The van der Waals surface area contributed by atoms with Crippen LogP contribution < -0.4 is 5.32 Å². The highest BCUT2D eigenvalue weighted by Crippen LogP contribution is 2.43. The zero-order valence-electron chi connectivity index (χ0n) is 14.0. The molecule has 2 atom stereocenters. The molecule has 0 bridgehead atoms. The van der Waals surface area contributed by atoms with Gasteiger partial charge in [-0.15, -0.1) is 0 Å². The molecule has 0 heterocycles. The summed E-state index contributed by atoms with van der Waals surface area (Å²) in [6.07, 6.45) is 2.53. The fourth-order valence-electron chi connectivity index (χ4n) is 2.32. The van der Waals surface area contributed by atoms with Gasteiger partial charge in [0.2, 0.25) is 0 Å². The maximum absolute atomic E-state index is 11.7. The van der Waals surface area contributed by atoms with Crippen molar-refractivity contribution >= 4 is 9.84 Å². The molecular formula is C15H31NO3S. The number of hydrogen-bond acceptors (Lipinski definition) is 4. The number of ether oxygens (including phenoxy) is 1. The molecule has 0 spiro atoms. The Morgan fingerprint density at radius 1 is 1.35 bits per heavy atom. The smallest absolute Gasteiger partial charge is 0.153 e. The third-order valence-electron chi connectivity index (χ3n) is 4.59. The first-order chi connectivity index (χ1) is 8.88. The Morgan fingerprint density at radius 2 is 1.90 bits per heavy atom. The molecule has 0 saturated heterocycles. The van der Waals surface area contributed by atoms with Gasteiger partial charge in [0.25, 0.3) is 0 Å². The predicted molar refractivity (Wildman–Crippen MR) is 83.7 cm³/mol. The van der Waals surface area contributed by atoms with E-state index in [4.69, 9.17) is 4.74 Å². The topological polar surface area (TPSA) is 55.4 Å². The highest BCUT2D eigenvalue weighted by molar-refractivity contribution is 7.92. The summed E-state index contributed by atoms with van der Waals surface area (Å²) in [5.41, 5.74) is 0.0580. The predicted octanol–water partition coefficient (Wildman–Crippen LogP) is 2.24. The lowest BCUT2D eigenvalue weighted by molar-refractivity contribution is -0.123. The third kappa shape index (κ3) is 3.95. The van der Waals surface area contributed by atoms with Gasteiger partial charge in [0, 0.05) is 30.9 Å². The molecule has 20 heavy (non-hydrogen) atoms. The summed E-state index contributed by atoms with van der Waals surface area (Å²) < 4.78 is 28.6. The standard InChI is InChI=1S/C15H31NO3S/c1-11(2)9-19-13-8-12(15(13,5)6)16-10-14(3,4)20(7,17)18/h11-13,16H,8-10H2,1-7H3. The Hall–Kier alpha value is -0.130. The van der Waals surface area contributed by atoms with Crippen LogP contribution in [0.15, 0.2) is 0 Å². The molecule has 1 N–H and O–H groups in total. The minimum absolute atomic E-state index is 0.0580. The van der Waals surface area contributed by atoms with Gasteiger partial charge in [-0.25, -0.2) is 8.42 Å². The van der Waals surface area contributed by atoms with Gasteiger partial charge < -0.3 is 10.1 Å². The second kappa shape index (κ2) is 5.93. The molecule has 4 nitrogen and oxygen atoms in total. The van der Waals surface area contributed by atoms with E-state index in [0.717, 1.165) is 13.0 Å². The third-order valence-corrected chi connectivity index (χ3v) is 6.74. The van der Waals surface area contributed by atoms with Crippen molar-refractivity contribution in [3.8, 4) is 0 Å². The second-order valence-electron chi connectivity index (χ2n) is 7.74. The van der Waals surface area contributed by atoms with Crippen molar-refractivity contribution < 1.29 is 13.2 Å². The summed E-state index contributed by atoms with van der Waals surface area (Å²) in [5.74, 6) is 0.543. The fraction of sp³-hybridized carbons (Fsp3) is 1.00. The Balaban J connectivity index is 2.49. The van der Waals surface area contributed by atoms with E-state index in [-0.39, 0.29) is 11.5 Å². The molecule has 0 aliphatic heterocycles. The lowest BCUT2D eigenvalue weighted by Crippen LogP contribution is -2.63. The Labute approximate surface area is 124 Å². The average molecular weight is 305 g/mol. The van der Waals surface area contributed by atoms with Crippen molar-refractivity contribution in [2.45, 2.75) is 64.9 Å². The van der Waals surface area contributed by atoms with E-state index in [0.29, 0.717) is 18.5 Å². The SMILES string of the molecule is CC(C)COC1CC(NCC(C)(C)S(C)(=O)=O)C1(C)C. The van der Waals surface area contributed by atoms with Gasteiger partial charge in [0.05, 0.1) is 10.9 Å². The van der Waals surface area contributed by atoms with Crippen LogP contribution in [0.5, 0.6) is 0 Å². The lowest BCUT2D eigenvalue weighted by atomic mass is 9.64. The Bertz CT molecular complexity index is 426. The maximum atomic E-state index is 11.7. The first-order valence-electron chi connectivity index (χ1n) is 7.42. The van der Waals surface area contributed by atoms with E-state index in [1.165, 1.54) is 6.26 Å². The minimum Gasteiger partial charge on any atom is -0.377 e. The van der Waals surface area contributed by atoms with Crippen LogP contribution in [0.2, 0.25) is 0 Å². The molecule has 2 unspecified atom stereocenters. The van der Waals surface area contributed by atoms with Crippen molar-refractivity contribution in [3.05, 3.63) is 0 Å². The van der Waals surface area contributed by atoms with Crippen molar-refractivity contribution in [2.24, 2.45) is 11.3 Å². The van der Waals surface area contributed by atoms with Crippen LogP contribution in [0, 0.1) is 11.3 Å². The molecule has 0 aromatic rings. The van der Waals surface area contributed by atoms with Gasteiger partial charge >= 0.3 is 0 Å². The molecule has 0 radical (unpaired) electrons. The van der Waals surface area contributed by atoms with E-state index in [2.05, 4.69) is 33.0 Å². The number of nitrogens with one attached hydrogen (secondary N) is 1. The van der Waals surface area contributed by atoms with E-state index >= 15 is 0 Å². The molecule has 1 rings (SSSR count). The summed E-state index contributed by atoms with van der Waals surface area (Å²) in [7, 11) is -3.05. The zero-order valence-corrected chi connectivity index (χ0v) is 14.8. The summed E-state index contributed by atoms with van der Waals surface area (Å²) in [4.78, 5) is 0. The van der Waals surface area contributed by atoms with Crippen LogP contribution in [0.1, 0.15) is 48.0 Å². The van der Waals surface area contributed by atoms with Crippen LogP contribution in [-0.4, -0.2) is 44.7 Å². The minimum atomic E-state index is -3.05. The van der Waals surface area contributed by atoms with E-state index in [1.54, 1.807) is 13.8 Å². The molecule has 1 aliphatic carbocycles. The number of rotatable bonds is 7. The summed E-state index contributed by atoms with van der Waals surface area (Å²) in [6, 6.07) is 0.320. The molecule has 0 aromatic carbocycles. The Kier molecular flexibility index (Phi) is 5.32. The summed E-state index contributed by atoms with van der Waals surface area (Å²) in [5, 5.41) is 3.41. The van der Waals surface area contributed by atoms with E-state index in [9.17, 15) is 8.42 Å². The van der Waals surface area contributed by atoms with Gasteiger partial charge in [-0.05, 0) is 26.2 Å². The van der Waals surface area contributed by atoms with Crippen LogP contribution >= 0.6 is 0 Å². The van der Waals surface area contributed by atoms with Gasteiger partial charge in [0.15, 0.2) is 9.84 Å². The number of hydrogen-bond donors (Lipinski definition) is 1. The average Bonchev–Trinajstić information content (AvgIpc) is 2.24. The quantitative estimate of drug-likeness (QED) is 0.784. The molecule has 120 valence electrons. The highest BCUT2D eigenvalue weighted by Gasteiger charge is 2.49. The largest absolute Gasteiger partial charge is 0.377 e. The lowest BCUT2D eigenvalue weighted by Gasteiger charge is -2.52. The molecular weight excluding hydrogens is 274 g/mol. The molecule has 1 saturated carbocycles. The molecule has 0 amide bonds. The van der Waals surface area contributed by atoms with Crippen molar-refractivity contribution in [3.63, 3.8) is 0 Å². The van der Waals surface area contributed by atoms with E-state index in [1.807, 2.05) is 0 Å². The van der Waals surface area contributed by atoms with Crippen molar-refractivity contribution in [1.29, 1.82) is 0 Å². The highest BCUT2D eigenvalue weighted by atomic mass is 32.2. The van der Waals surface area contributed by atoms with Crippen LogP contribution in [0.4, 0.5) is 0 Å². The second-order valence-corrected chi connectivity index (χ2v) is 10.4. The van der Waals surface area contributed by atoms with Crippen molar-refractivity contribution in [1.82, 2.24) is 5.32 Å². The van der Waals surface area contributed by atoms with Gasteiger partial charge in [0.1, 0.15) is 0 Å². The maximum Gasteiger partial charge on any atom is 0.153 e. The van der Waals surface area contributed by atoms with Crippen LogP contribution in [0.25, 0.3) is 0 Å². The van der Waals surface area contributed by atoms with Crippen LogP contribution in [0.3, 0.4) is 0 Å². The summed E-state index contributed by atoms with van der Waals surface area (Å²) >= 11 is 0. The molecule has 0 aromatic heterocycles. The first-order valence-corrected chi connectivity index (χ1v) is 9.31. The van der Waals surface area contributed by atoms with Gasteiger partial charge in [-0.2, -0.15) is 0 Å². The van der Waals surface area contributed by atoms with Crippen LogP contribution in [-0.2, 0) is 14.6 Å².